The van der Waals surface area contributed by atoms with E-state index in [4.69, 9.17) is 16.3 Å². The number of ether oxygens (including phenoxy) is 1. The standard InChI is InChI=1S/C14H13BrClNO/c1-18-13-4-2-3-12(8-13)17-9-10-7-11(16)5-6-14(10)15/h2-8,17H,9H2,1H3. The first-order valence-corrected chi connectivity index (χ1v) is 6.68. The zero-order valence-electron chi connectivity index (χ0n) is 9.91. The molecule has 0 spiro atoms. The fraction of sp³-hybridized carbons (Fsp3) is 0.143. The molecule has 0 aliphatic carbocycles. The van der Waals surface area contributed by atoms with Crippen LogP contribution in [0.3, 0.4) is 0 Å². The van der Waals surface area contributed by atoms with Crippen molar-refractivity contribution in [1.29, 1.82) is 0 Å². The van der Waals surface area contributed by atoms with Gasteiger partial charge in [-0.2, -0.15) is 0 Å². The fourth-order valence-corrected chi connectivity index (χ4v) is 2.19. The summed E-state index contributed by atoms with van der Waals surface area (Å²) in [6.07, 6.45) is 0. The third-order valence-electron chi connectivity index (χ3n) is 2.56. The molecule has 0 aromatic heterocycles. The van der Waals surface area contributed by atoms with Crippen LogP contribution in [0, 0.1) is 0 Å². The zero-order chi connectivity index (χ0) is 13.0. The number of anilines is 1. The number of halogens is 2. The van der Waals surface area contributed by atoms with Crippen LogP contribution >= 0.6 is 27.5 Å². The Morgan fingerprint density at radius 2 is 2.06 bits per heavy atom. The monoisotopic (exact) mass is 325 g/mol. The summed E-state index contributed by atoms with van der Waals surface area (Å²) in [6.45, 7) is 0.703. The maximum Gasteiger partial charge on any atom is 0.120 e. The molecule has 0 bridgehead atoms. The quantitative estimate of drug-likeness (QED) is 0.877. The summed E-state index contributed by atoms with van der Waals surface area (Å²) in [7, 11) is 1.66. The first-order chi connectivity index (χ1) is 8.69. The smallest absolute Gasteiger partial charge is 0.120 e. The Hall–Kier alpha value is -1.19. The van der Waals surface area contributed by atoms with Gasteiger partial charge in [0.05, 0.1) is 7.11 Å². The van der Waals surface area contributed by atoms with Gasteiger partial charge in [0.15, 0.2) is 0 Å². The second-order valence-electron chi connectivity index (χ2n) is 3.82. The lowest BCUT2D eigenvalue weighted by atomic mass is 10.2. The minimum absolute atomic E-state index is 0.703. The van der Waals surface area contributed by atoms with Crippen LogP contribution < -0.4 is 10.1 Å². The van der Waals surface area contributed by atoms with E-state index >= 15 is 0 Å². The highest BCUT2D eigenvalue weighted by Crippen LogP contribution is 2.23. The highest BCUT2D eigenvalue weighted by molar-refractivity contribution is 9.10. The predicted molar refractivity (Wildman–Crippen MR) is 79.5 cm³/mol. The molecule has 0 atom stereocenters. The molecule has 0 saturated heterocycles. The summed E-state index contributed by atoms with van der Waals surface area (Å²) in [6, 6.07) is 13.6. The van der Waals surface area contributed by atoms with Crippen LogP contribution in [0.5, 0.6) is 5.75 Å². The van der Waals surface area contributed by atoms with Crippen molar-refractivity contribution in [3.8, 4) is 5.75 Å². The second-order valence-corrected chi connectivity index (χ2v) is 5.11. The van der Waals surface area contributed by atoms with E-state index < -0.39 is 0 Å². The minimum Gasteiger partial charge on any atom is -0.497 e. The van der Waals surface area contributed by atoms with E-state index in [9.17, 15) is 0 Å². The third-order valence-corrected chi connectivity index (χ3v) is 3.57. The zero-order valence-corrected chi connectivity index (χ0v) is 12.3. The van der Waals surface area contributed by atoms with Crippen LogP contribution in [-0.4, -0.2) is 7.11 Å². The van der Waals surface area contributed by atoms with Crippen molar-refractivity contribution in [3.05, 3.63) is 57.5 Å². The average Bonchev–Trinajstić information content (AvgIpc) is 2.40. The SMILES string of the molecule is COc1cccc(NCc2cc(Cl)ccc2Br)c1. The summed E-state index contributed by atoms with van der Waals surface area (Å²) < 4.78 is 6.22. The topological polar surface area (TPSA) is 21.3 Å². The number of hydrogen-bond donors (Lipinski definition) is 1. The van der Waals surface area contributed by atoms with Crippen molar-refractivity contribution in [2.75, 3.05) is 12.4 Å². The lowest BCUT2D eigenvalue weighted by molar-refractivity contribution is 0.415. The van der Waals surface area contributed by atoms with E-state index in [0.717, 1.165) is 26.5 Å². The van der Waals surface area contributed by atoms with Crippen molar-refractivity contribution in [3.63, 3.8) is 0 Å². The molecule has 18 heavy (non-hydrogen) atoms. The van der Waals surface area contributed by atoms with Crippen LogP contribution in [0.4, 0.5) is 5.69 Å². The molecular weight excluding hydrogens is 314 g/mol. The van der Waals surface area contributed by atoms with Crippen molar-refractivity contribution in [2.45, 2.75) is 6.54 Å². The molecule has 2 nitrogen and oxygen atoms in total. The molecule has 0 aliphatic heterocycles. The van der Waals surface area contributed by atoms with Gasteiger partial charge in [-0.3, -0.25) is 0 Å². The van der Waals surface area contributed by atoms with Gasteiger partial charge in [0.1, 0.15) is 5.75 Å². The average molecular weight is 327 g/mol. The van der Waals surface area contributed by atoms with Gasteiger partial charge in [0.2, 0.25) is 0 Å². The van der Waals surface area contributed by atoms with Crippen LogP contribution in [0.25, 0.3) is 0 Å². The van der Waals surface area contributed by atoms with Gasteiger partial charge in [0, 0.05) is 27.8 Å². The largest absolute Gasteiger partial charge is 0.497 e. The minimum atomic E-state index is 0.703. The lowest BCUT2D eigenvalue weighted by Gasteiger charge is -2.09. The van der Waals surface area contributed by atoms with E-state index in [1.54, 1.807) is 7.11 Å². The first kappa shape index (κ1) is 13.2. The van der Waals surface area contributed by atoms with Gasteiger partial charge in [0.25, 0.3) is 0 Å². The molecule has 2 rings (SSSR count). The van der Waals surface area contributed by atoms with E-state index in [1.807, 2.05) is 42.5 Å². The summed E-state index contributed by atoms with van der Waals surface area (Å²) >= 11 is 9.49. The molecule has 0 fully saturated rings. The number of nitrogens with one attached hydrogen (secondary N) is 1. The molecule has 4 heteroatoms. The summed E-state index contributed by atoms with van der Waals surface area (Å²) in [5.41, 5.74) is 2.13. The summed E-state index contributed by atoms with van der Waals surface area (Å²) in [4.78, 5) is 0. The second kappa shape index (κ2) is 6.12. The first-order valence-electron chi connectivity index (χ1n) is 5.51. The number of benzene rings is 2. The fourth-order valence-electron chi connectivity index (χ4n) is 1.61. The van der Waals surface area contributed by atoms with Crippen LogP contribution in [0.15, 0.2) is 46.9 Å². The van der Waals surface area contributed by atoms with Crippen LogP contribution in [-0.2, 0) is 6.54 Å². The highest BCUT2D eigenvalue weighted by atomic mass is 79.9. The lowest BCUT2D eigenvalue weighted by Crippen LogP contribution is -2.00. The van der Waals surface area contributed by atoms with E-state index in [2.05, 4.69) is 21.2 Å². The Morgan fingerprint density at radius 1 is 1.22 bits per heavy atom. The van der Waals surface area contributed by atoms with Gasteiger partial charge in [-0.25, -0.2) is 0 Å². The summed E-state index contributed by atoms with van der Waals surface area (Å²) in [5.74, 6) is 0.838. The molecular formula is C14H13BrClNO. The van der Waals surface area contributed by atoms with Gasteiger partial charge < -0.3 is 10.1 Å². The van der Waals surface area contributed by atoms with Gasteiger partial charge in [-0.05, 0) is 35.9 Å². The van der Waals surface area contributed by atoms with Gasteiger partial charge in [-0.1, -0.05) is 33.6 Å². The molecule has 0 unspecified atom stereocenters. The maximum absolute atomic E-state index is 5.98. The molecule has 2 aromatic carbocycles. The van der Waals surface area contributed by atoms with Gasteiger partial charge >= 0.3 is 0 Å². The van der Waals surface area contributed by atoms with Crippen molar-refractivity contribution in [1.82, 2.24) is 0 Å². The number of rotatable bonds is 4. The Balaban J connectivity index is 2.08. The number of methoxy groups -OCH3 is 1. The molecule has 2 aromatic rings. The highest BCUT2D eigenvalue weighted by Gasteiger charge is 2.01. The molecule has 1 N–H and O–H groups in total. The van der Waals surface area contributed by atoms with Crippen LogP contribution in [0.1, 0.15) is 5.56 Å². The third kappa shape index (κ3) is 3.40. The Kier molecular flexibility index (Phi) is 4.50. The molecule has 0 amide bonds. The summed E-state index contributed by atoms with van der Waals surface area (Å²) in [5, 5.41) is 4.07. The van der Waals surface area contributed by atoms with Crippen molar-refractivity contribution >= 4 is 33.2 Å². The molecule has 0 radical (unpaired) electrons. The number of hydrogen-bond acceptors (Lipinski definition) is 2. The normalized spacial score (nSPS) is 10.2. The maximum atomic E-state index is 5.98. The Morgan fingerprint density at radius 3 is 2.83 bits per heavy atom. The molecule has 0 heterocycles. The Bertz CT molecular complexity index is 545. The Labute approximate surface area is 120 Å². The van der Waals surface area contributed by atoms with Crippen molar-refractivity contribution < 1.29 is 4.74 Å². The van der Waals surface area contributed by atoms with Gasteiger partial charge in [-0.15, -0.1) is 0 Å². The van der Waals surface area contributed by atoms with E-state index in [0.29, 0.717) is 6.54 Å². The van der Waals surface area contributed by atoms with E-state index in [-0.39, 0.29) is 0 Å². The van der Waals surface area contributed by atoms with Crippen molar-refractivity contribution in [2.24, 2.45) is 0 Å². The predicted octanol–water partition coefficient (Wildman–Crippen LogP) is 4.72. The van der Waals surface area contributed by atoms with E-state index in [1.165, 1.54) is 0 Å². The van der Waals surface area contributed by atoms with Crippen LogP contribution in [0.2, 0.25) is 5.02 Å². The molecule has 94 valence electrons. The molecule has 0 saturated carbocycles. The molecule has 0 aliphatic rings.